The highest BCUT2D eigenvalue weighted by Gasteiger charge is 2.04. The van der Waals surface area contributed by atoms with Gasteiger partial charge >= 0.3 is 0 Å². The van der Waals surface area contributed by atoms with E-state index in [1.807, 2.05) is 0 Å². The molecule has 2 aromatic rings. The molecule has 0 unspecified atom stereocenters. The second kappa shape index (κ2) is 2.42. The van der Waals surface area contributed by atoms with Crippen LogP contribution >= 0.6 is 27.5 Å². The van der Waals surface area contributed by atoms with E-state index >= 15 is 0 Å². The lowest BCUT2D eigenvalue weighted by Gasteiger charge is -1.91. The summed E-state index contributed by atoms with van der Waals surface area (Å²) >= 11 is 8.85. The van der Waals surface area contributed by atoms with Crippen LogP contribution < -0.4 is 0 Å². The number of rotatable bonds is 0. The maximum absolute atomic E-state index is 5.74. The van der Waals surface area contributed by atoms with Gasteiger partial charge in [0.25, 0.3) is 0 Å². The minimum Gasteiger partial charge on any atom is -0.329 e. The number of nitrogens with zero attached hydrogens (tertiary/aromatic N) is 3. The normalized spacial score (nSPS) is 10.7. The van der Waals surface area contributed by atoms with Crippen molar-refractivity contribution in [3.05, 3.63) is 16.2 Å². The van der Waals surface area contributed by atoms with Crippen LogP contribution in [0.15, 0.2) is 11.1 Å². The van der Waals surface area contributed by atoms with E-state index in [0.717, 1.165) is 0 Å². The van der Waals surface area contributed by atoms with Crippen molar-refractivity contribution in [3.8, 4) is 0 Å². The number of hydrogen-bond donors (Lipinski definition) is 1. The van der Waals surface area contributed by atoms with Crippen molar-refractivity contribution in [1.82, 2.24) is 19.9 Å². The number of imidazole rings is 1. The van der Waals surface area contributed by atoms with Crippen LogP contribution in [0.2, 0.25) is 5.15 Å². The van der Waals surface area contributed by atoms with Gasteiger partial charge in [-0.3, -0.25) is 0 Å². The quantitative estimate of drug-likeness (QED) is 0.557. The third-order valence-corrected chi connectivity index (χ3v) is 1.83. The SMILES string of the molecule is Clc1nc(Br)nc2[nH]cnc12. The Morgan fingerprint density at radius 2 is 2.27 bits per heavy atom. The lowest BCUT2D eigenvalue weighted by atomic mass is 10.6. The summed E-state index contributed by atoms with van der Waals surface area (Å²) in [5.74, 6) is 0. The van der Waals surface area contributed by atoms with E-state index < -0.39 is 0 Å². The summed E-state index contributed by atoms with van der Waals surface area (Å²) in [6.07, 6.45) is 1.53. The number of H-pyrrole nitrogens is 1. The summed E-state index contributed by atoms with van der Waals surface area (Å²) in [4.78, 5) is 14.6. The first kappa shape index (κ1) is 7.00. The van der Waals surface area contributed by atoms with E-state index in [1.165, 1.54) is 6.33 Å². The molecule has 0 radical (unpaired) electrons. The Labute approximate surface area is 75.2 Å². The summed E-state index contributed by atoms with van der Waals surface area (Å²) in [7, 11) is 0. The highest BCUT2D eigenvalue weighted by Crippen LogP contribution is 2.17. The van der Waals surface area contributed by atoms with Crippen molar-refractivity contribution in [2.75, 3.05) is 0 Å². The van der Waals surface area contributed by atoms with Crippen LogP contribution in [-0.4, -0.2) is 19.9 Å². The highest BCUT2D eigenvalue weighted by atomic mass is 79.9. The van der Waals surface area contributed by atoms with Crippen molar-refractivity contribution in [2.24, 2.45) is 0 Å². The molecule has 2 rings (SSSR count). The molecule has 56 valence electrons. The first-order chi connectivity index (χ1) is 5.27. The molecule has 11 heavy (non-hydrogen) atoms. The summed E-state index contributed by atoms with van der Waals surface area (Å²) in [6.45, 7) is 0. The monoisotopic (exact) mass is 232 g/mol. The number of aromatic amines is 1. The van der Waals surface area contributed by atoms with E-state index in [-0.39, 0.29) is 0 Å². The van der Waals surface area contributed by atoms with Gasteiger partial charge in [-0.05, 0) is 15.9 Å². The Hall–Kier alpha value is -0.680. The van der Waals surface area contributed by atoms with E-state index in [2.05, 4.69) is 35.9 Å². The van der Waals surface area contributed by atoms with Crippen LogP contribution in [0.5, 0.6) is 0 Å². The molecule has 2 heterocycles. The predicted octanol–water partition coefficient (Wildman–Crippen LogP) is 1.77. The van der Waals surface area contributed by atoms with Gasteiger partial charge in [0.2, 0.25) is 0 Å². The predicted molar refractivity (Wildman–Crippen MR) is 44.4 cm³/mol. The largest absolute Gasteiger partial charge is 0.329 e. The molecule has 0 fully saturated rings. The third-order valence-electron chi connectivity index (χ3n) is 1.21. The van der Waals surface area contributed by atoms with Gasteiger partial charge in [-0.2, -0.15) is 0 Å². The van der Waals surface area contributed by atoms with Gasteiger partial charge in [-0.25, -0.2) is 15.0 Å². The van der Waals surface area contributed by atoms with Crippen LogP contribution in [-0.2, 0) is 0 Å². The van der Waals surface area contributed by atoms with Crippen LogP contribution in [0, 0.1) is 0 Å². The molecule has 4 nitrogen and oxygen atoms in total. The zero-order valence-electron chi connectivity index (χ0n) is 5.17. The number of fused-ring (bicyclic) bond motifs is 1. The number of hydrogen-bond acceptors (Lipinski definition) is 3. The minimum atomic E-state index is 0.350. The van der Waals surface area contributed by atoms with Crippen molar-refractivity contribution < 1.29 is 0 Å². The molecule has 0 bridgehead atoms. The van der Waals surface area contributed by atoms with E-state index in [4.69, 9.17) is 11.6 Å². The average Bonchev–Trinajstić information content (AvgIpc) is 2.34. The Bertz CT molecular complexity index is 398. The molecule has 2 aromatic heterocycles. The molecule has 0 aliphatic rings. The lowest BCUT2D eigenvalue weighted by Crippen LogP contribution is -1.85. The van der Waals surface area contributed by atoms with Gasteiger partial charge in [-0.15, -0.1) is 0 Å². The number of nitrogens with one attached hydrogen (secondary N) is 1. The van der Waals surface area contributed by atoms with Crippen LogP contribution in [0.4, 0.5) is 0 Å². The molecule has 0 aliphatic carbocycles. The zero-order chi connectivity index (χ0) is 7.84. The number of halogens is 2. The van der Waals surface area contributed by atoms with Gasteiger partial charge in [0.1, 0.15) is 5.52 Å². The van der Waals surface area contributed by atoms with Crippen LogP contribution in [0.1, 0.15) is 0 Å². The molecule has 1 N–H and O–H groups in total. The summed E-state index contributed by atoms with van der Waals surface area (Å²) in [5, 5.41) is 0.350. The summed E-state index contributed by atoms with van der Waals surface area (Å²) in [5.41, 5.74) is 1.23. The molecule has 0 atom stereocenters. The van der Waals surface area contributed by atoms with Crippen molar-refractivity contribution in [1.29, 1.82) is 0 Å². The fourth-order valence-electron chi connectivity index (χ4n) is 0.775. The fourth-order valence-corrected chi connectivity index (χ4v) is 1.45. The third kappa shape index (κ3) is 1.10. The molecule has 0 aliphatic heterocycles. The summed E-state index contributed by atoms with van der Waals surface area (Å²) < 4.78 is 0.458. The molecule has 0 saturated heterocycles. The van der Waals surface area contributed by atoms with E-state index in [1.54, 1.807) is 0 Å². The van der Waals surface area contributed by atoms with Gasteiger partial charge < -0.3 is 4.98 Å². The topological polar surface area (TPSA) is 54.5 Å². The van der Waals surface area contributed by atoms with Crippen LogP contribution in [0.3, 0.4) is 0 Å². The lowest BCUT2D eigenvalue weighted by molar-refractivity contribution is 1.14. The molecule has 6 heteroatoms. The molecule has 0 spiro atoms. The Morgan fingerprint density at radius 3 is 3.09 bits per heavy atom. The molecule has 0 aromatic carbocycles. The summed E-state index contributed by atoms with van der Waals surface area (Å²) in [6, 6.07) is 0. The minimum absolute atomic E-state index is 0.350. The fraction of sp³-hybridized carbons (Fsp3) is 0. The maximum atomic E-state index is 5.74. The van der Waals surface area contributed by atoms with Crippen LogP contribution in [0.25, 0.3) is 11.2 Å². The highest BCUT2D eigenvalue weighted by molar-refractivity contribution is 9.10. The van der Waals surface area contributed by atoms with Crippen molar-refractivity contribution >= 4 is 38.7 Å². The Balaban J connectivity index is 2.91. The standard InChI is InChI=1S/C5H2BrClN4/c6-5-10-3(7)2-4(11-5)9-1-8-2/h1H,(H,8,9,10,11). The second-order valence-electron chi connectivity index (χ2n) is 1.88. The zero-order valence-corrected chi connectivity index (χ0v) is 7.52. The second-order valence-corrected chi connectivity index (χ2v) is 2.95. The Kier molecular flexibility index (Phi) is 1.54. The van der Waals surface area contributed by atoms with Gasteiger partial charge in [0.05, 0.1) is 6.33 Å². The van der Waals surface area contributed by atoms with Crippen molar-refractivity contribution in [2.45, 2.75) is 0 Å². The average molecular weight is 233 g/mol. The van der Waals surface area contributed by atoms with Crippen molar-refractivity contribution in [3.63, 3.8) is 0 Å². The van der Waals surface area contributed by atoms with E-state index in [9.17, 15) is 0 Å². The van der Waals surface area contributed by atoms with Gasteiger partial charge in [0, 0.05) is 0 Å². The van der Waals surface area contributed by atoms with E-state index in [0.29, 0.717) is 21.1 Å². The smallest absolute Gasteiger partial charge is 0.200 e. The Morgan fingerprint density at radius 1 is 1.45 bits per heavy atom. The first-order valence-corrected chi connectivity index (χ1v) is 3.96. The molecular formula is C5H2BrClN4. The molecule has 0 amide bonds. The number of aromatic nitrogens is 4. The molecule has 0 saturated carbocycles. The molecular weight excluding hydrogens is 231 g/mol. The van der Waals surface area contributed by atoms with Gasteiger partial charge in [0.15, 0.2) is 15.5 Å². The van der Waals surface area contributed by atoms with Gasteiger partial charge in [-0.1, -0.05) is 11.6 Å². The maximum Gasteiger partial charge on any atom is 0.200 e. The first-order valence-electron chi connectivity index (χ1n) is 2.79.